The Labute approximate surface area is 184 Å². The van der Waals surface area contributed by atoms with Crippen LogP contribution in [0.4, 0.5) is 0 Å². The van der Waals surface area contributed by atoms with Crippen LogP contribution in [-0.4, -0.2) is 36.4 Å². The number of amides is 1. The van der Waals surface area contributed by atoms with Gasteiger partial charge in [-0.25, -0.2) is 8.42 Å². The summed E-state index contributed by atoms with van der Waals surface area (Å²) in [5.41, 5.74) is 1.77. The molecule has 1 aliphatic rings. The topological polar surface area (TPSA) is 59.4 Å². The number of rotatable bonds is 6. The van der Waals surface area contributed by atoms with Crippen molar-refractivity contribution >= 4 is 26.6 Å². The van der Waals surface area contributed by atoms with Gasteiger partial charge in [0.2, 0.25) is 15.7 Å². The molecule has 31 heavy (non-hydrogen) atoms. The van der Waals surface area contributed by atoms with E-state index in [0.29, 0.717) is 18.0 Å². The normalized spacial score (nSPS) is 15.3. The molecule has 0 spiro atoms. The zero-order valence-corrected chi connectivity index (χ0v) is 19.1. The van der Waals surface area contributed by atoms with Gasteiger partial charge in [0.05, 0.1) is 9.79 Å². The van der Waals surface area contributed by atoms with Crippen LogP contribution >= 0.6 is 0 Å². The van der Waals surface area contributed by atoms with E-state index in [0.717, 1.165) is 23.9 Å². The fourth-order valence-electron chi connectivity index (χ4n) is 4.67. The summed E-state index contributed by atoms with van der Waals surface area (Å²) in [7, 11) is -3.69. The van der Waals surface area contributed by atoms with Crippen molar-refractivity contribution in [3.8, 4) is 0 Å². The van der Waals surface area contributed by atoms with E-state index in [1.165, 1.54) is 19.3 Å². The van der Waals surface area contributed by atoms with E-state index in [9.17, 15) is 13.2 Å². The number of para-hydroxylation sites is 1. The van der Waals surface area contributed by atoms with Crippen molar-refractivity contribution in [2.75, 3.05) is 6.54 Å². The number of benzene rings is 2. The van der Waals surface area contributed by atoms with Crippen LogP contribution in [0.25, 0.3) is 10.9 Å². The second-order valence-corrected chi connectivity index (χ2v) is 10.3. The summed E-state index contributed by atoms with van der Waals surface area (Å²) < 4.78 is 28.6. The average Bonchev–Trinajstić information content (AvgIpc) is 3.15. The minimum atomic E-state index is -3.69. The van der Waals surface area contributed by atoms with E-state index in [1.807, 2.05) is 43.0 Å². The minimum absolute atomic E-state index is 0.0504. The van der Waals surface area contributed by atoms with Crippen LogP contribution < -0.4 is 0 Å². The SMILES string of the molecule is CCN(C(=O)Cn1cc(S(=O)(=O)c2ccc(C)cc2)c2ccccc21)C1CCCCC1. The predicted octanol–water partition coefficient (Wildman–Crippen LogP) is 4.96. The Bertz CT molecular complexity index is 1170. The molecule has 1 amide bonds. The molecular formula is C25H30N2O3S. The molecule has 1 heterocycles. The molecule has 1 aromatic heterocycles. The highest BCUT2D eigenvalue weighted by Crippen LogP contribution is 2.31. The second-order valence-electron chi connectivity index (χ2n) is 8.43. The monoisotopic (exact) mass is 438 g/mol. The van der Waals surface area contributed by atoms with E-state index < -0.39 is 9.84 Å². The Kier molecular flexibility index (Phi) is 6.19. The van der Waals surface area contributed by atoms with Crippen LogP contribution in [0, 0.1) is 6.92 Å². The first-order chi connectivity index (χ1) is 14.9. The fraction of sp³-hybridized carbons (Fsp3) is 0.400. The molecule has 0 saturated heterocycles. The first kappa shape index (κ1) is 21.6. The quantitative estimate of drug-likeness (QED) is 0.546. The highest BCUT2D eigenvalue weighted by molar-refractivity contribution is 7.91. The number of hydrogen-bond acceptors (Lipinski definition) is 3. The summed E-state index contributed by atoms with van der Waals surface area (Å²) in [4.78, 5) is 15.7. The highest BCUT2D eigenvalue weighted by Gasteiger charge is 2.27. The first-order valence-electron chi connectivity index (χ1n) is 11.1. The minimum Gasteiger partial charge on any atom is -0.338 e. The lowest BCUT2D eigenvalue weighted by atomic mass is 9.94. The number of nitrogens with zero attached hydrogens (tertiary/aromatic N) is 2. The van der Waals surface area contributed by atoms with E-state index in [2.05, 4.69) is 0 Å². The maximum absolute atomic E-state index is 13.4. The largest absolute Gasteiger partial charge is 0.338 e. The smallest absolute Gasteiger partial charge is 0.242 e. The first-order valence-corrected chi connectivity index (χ1v) is 12.6. The van der Waals surface area contributed by atoms with Crippen LogP contribution in [-0.2, 0) is 21.2 Å². The Morgan fingerprint density at radius 3 is 2.39 bits per heavy atom. The number of sulfone groups is 1. The molecule has 1 aliphatic carbocycles. The highest BCUT2D eigenvalue weighted by atomic mass is 32.2. The zero-order chi connectivity index (χ0) is 22.0. The van der Waals surface area contributed by atoms with Gasteiger partial charge in [0.25, 0.3) is 0 Å². The van der Waals surface area contributed by atoms with Crippen molar-refractivity contribution in [3.05, 3.63) is 60.3 Å². The molecule has 0 bridgehead atoms. The molecule has 6 heteroatoms. The number of aromatic nitrogens is 1. The van der Waals surface area contributed by atoms with Gasteiger partial charge in [0.1, 0.15) is 6.54 Å². The molecule has 0 atom stereocenters. The summed E-state index contributed by atoms with van der Waals surface area (Å²) in [5.74, 6) is 0.0504. The molecule has 3 aromatic rings. The molecule has 0 radical (unpaired) electrons. The van der Waals surface area contributed by atoms with Crippen molar-refractivity contribution in [1.82, 2.24) is 9.47 Å². The van der Waals surface area contributed by atoms with Crippen LogP contribution in [0.2, 0.25) is 0 Å². The maximum Gasteiger partial charge on any atom is 0.242 e. The van der Waals surface area contributed by atoms with Gasteiger partial charge in [-0.1, -0.05) is 55.2 Å². The third-order valence-electron chi connectivity index (χ3n) is 6.35. The zero-order valence-electron chi connectivity index (χ0n) is 18.3. The standard InChI is InChI=1S/C25H30N2O3S/c1-3-27(20-9-5-4-6-10-20)25(28)18-26-17-24(22-11-7-8-12-23(22)26)31(29,30)21-15-13-19(2)14-16-21/h7-8,11-17,20H,3-6,9-10,18H2,1-2H3. The summed E-state index contributed by atoms with van der Waals surface area (Å²) in [5, 5.41) is 0.650. The van der Waals surface area contributed by atoms with E-state index in [-0.39, 0.29) is 22.2 Å². The summed E-state index contributed by atoms with van der Waals surface area (Å²) in [6.07, 6.45) is 7.31. The van der Waals surface area contributed by atoms with E-state index in [1.54, 1.807) is 35.0 Å². The van der Waals surface area contributed by atoms with Gasteiger partial charge < -0.3 is 9.47 Å². The molecule has 0 unspecified atom stereocenters. The third kappa shape index (κ3) is 4.26. The Morgan fingerprint density at radius 1 is 1.03 bits per heavy atom. The van der Waals surface area contributed by atoms with Gasteiger partial charge in [-0.3, -0.25) is 4.79 Å². The van der Waals surface area contributed by atoms with Gasteiger partial charge in [-0.2, -0.15) is 0 Å². The van der Waals surface area contributed by atoms with Gasteiger partial charge in [-0.15, -0.1) is 0 Å². The average molecular weight is 439 g/mol. The van der Waals surface area contributed by atoms with Crippen molar-refractivity contribution in [3.63, 3.8) is 0 Å². The molecular weight excluding hydrogens is 408 g/mol. The molecule has 4 rings (SSSR count). The summed E-state index contributed by atoms with van der Waals surface area (Å²) in [6, 6.07) is 14.6. The van der Waals surface area contributed by atoms with Crippen molar-refractivity contribution in [2.45, 2.75) is 68.3 Å². The van der Waals surface area contributed by atoms with Crippen LogP contribution in [0.15, 0.2) is 64.5 Å². The van der Waals surface area contributed by atoms with Gasteiger partial charge in [-0.05, 0) is 44.9 Å². The number of aryl methyl sites for hydroxylation is 1. The fourth-order valence-corrected chi connectivity index (χ4v) is 6.15. The number of likely N-dealkylation sites (N-methyl/N-ethyl adjacent to an activating group) is 1. The Balaban J connectivity index is 1.70. The molecule has 2 aromatic carbocycles. The summed E-state index contributed by atoms with van der Waals surface area (Å²) in [6.45, 7) is 4.78. The van der Waals surface area contributed by atoms with Gasteiger partial charge in [0, 0.05) is 29.7 Å². The second kappa shape index (κ2) is 8.87. The number of hydrogen-bond donors (Lipinski definition) is 0. The lowest BCUT2D eigenvalue weighted by molar-refractivity contribution is -0.134. The van der Waals surface area contributed by atoms with E-state index in [4.69, 9.17) is 0 Å². The molecule has 0 aliphatic heterocycles. The van der Waals surface area contributed by atoms with Gasteiger partial charge >= 0.3 is 0 Å². The molecule has 1 saturated carbocycles. The molecule has 164 valence electrons. The van der Waals surface area contributed by atoms with Crippen LogP contribution in [0.3, 0.4) is 0 Å². The maximum atomic E-state index is 13.4. The summed E-state index contributed by atoms with van der Waals surface area (Å²) >= 11 is 0. The third-order valence-corrected chi connectivity index (χ3v) is 8.15. The number of carbonyl (C=O) groups is 1. The van der Waals surface area contributed by atoms with E-state index >= 15 is 0 Å². The van der Waals surface area contributed by atoms with Crippen molar-refractivity contribution < 1.29 is 13.2 Å². The van der Waals surface area contributed by atoms with Gasteiger partial charge in [0.15, 0.2) is 0 Å². The van der Waals surface area contributed by atoms with Crippen LogP contribution in [0.1, 0.15) is 44.6 Å². The lowest BCUT2D eigenvalue weighted by Crippen LogP contribution is -2.42. The Morgan fingerprint density at radius 2 is 1.71 bits per heavy atom. The predicted molar refractivity (Wildman–Crippen MR) is 123 cm³/mol. The number of carbonyl (C=O) groups excluding carboxylic acids is 1. The van der Waals surface area contributed by atoms with Crippen LogP contribution in [0.5, 0.6) is 0 Å². The van der Waals surface area contributed by atoms with Crippen molar-refractivity contribution in [2.24, 2.45) is 0 Å². The van der Waals surface area contributed by atoms with Crippen molar-refractivity contribution in [1.29, 1.82) is 0 Å². The molecule has 5 nitrogen and oxygen atoms in total. The molecule has 1 fully saturated rings. The lowest BCUT2D eigenvalue weighted by Gasteiger charge is -2.33. The number of fused-ring (bicyclic) bond motifs is 1. The molecule has 0 N–H and O–H groups in total. The Hall–Kier alpha value is -2.60.